The van der Waals surface area contributed by atoms with Crippen molar-refractivity contribution in [1.82, 2.24) is 5.43 Å². The highest BCUT2D eigenvalue weighted by Crippen LogP contribution is 2.13. The van der Waals surface area contributed by atoms with Crippen LogP contribution in [0.25, 0.3) is 0 Å². The van der Waals surface area contributed by atoms with Crippen molar-refractivity contribution < 1.29 is 9.53 Å². The maximum Gasteiger partial charge on any atom is 0.274 e. The molecule has 1 amide bonds. The fourth-order valence-electron chi connectivity index (χ4n) is 1.26. The molecule has 0 heterocycles. The van der Waals surface area contributed by atoms with Gasteiger partial charge in [0.2, 0.25) is 0 Å². The number of nitrogens with one attached hydrogen (secondary N) is 1. The van der Waals surface area contributed by atoms with Crippen molar-refractivity contribution in [3.05, 3.63) is 30.3 Å². The quantitative estimate of drug-likeness (QED) is 0.434. The molecule has 1 unspecified atom stereocenters. The second-order valence-electron chi connectivity index (χ2n) is 3.22. The molecule has 4 nitrogen and oxygen atoms in total. The first-order valence-electron chi connectivity index (χ1n) is 5.00. The Morgan fingerprint density at radius 2 is 2.13 bits per heavy atom. The summed E-state index contributed by atoms with van der Waals surface area (Å²) >= 11 is 0. The molecule has 1 atom stereocenters. The van der Waals surface area contributed by atoms with E-state index in [1.807, 2.05) is 37.3 Å². The summed E-state index contributed by atoms with van der Waals surface area (Å²) in [5.41, 5.74) is 2.11. The lowest BCUT2D eigenvalue weighted by Gasteiger charge is -2.16. The maximum absolute atomic E-state index is 11.3. The molecule has 0 aliphatic rings. The first-order valence-corrected chi connectivity index (χ1v) is 5.00. The van der Waals surface area contributed by atoms with Crippen LogP contribution in [-0.4, -0.2) is 12.0 Å². The second kappa shape index (κ2) is 6.03. The molecule has 0 saturated heterocycles. The first kappa shape index (κ1) is 11.5. The topological polar surface area (TPSA) is 64.3 Å². The van der Waals surface area contributed by atoms with Crippen LogP contribution in [0.3, 0.4) is 0 Å². The lowest BCUT2D eigenvalue weighted by molar-refractivity contribution is -0.128. The van der Waals surface area contributed by atoms with Gasteiger partial charge in [-0.2, -0.15) is 0 Å². The first-order chi connectivity index (χ1) is 7.27. The molecule has 0 aliphatic heterocycles. The third kappa shape index (κ3) is 3.59. The largest absolute Gasteiger partial charge is 0.481 e. The van der Waals surface area contributed by atoms with E-state index in [1.165, 1.54) is 0 Å². The van der Waals surface area contributed by atoms with Gasteiger partial charge in [0, 0.05) is 0 Å². The SMILES string of the molecule is CCCC(Oc1ccccc1)C(=O)NN. The number of para-hydroxylation sites is 1. The molecule has 82 valence electrons. The van der Waals surface area contributed by atoms with Crippen LogP contribution in [0.2, 0.25) is 0 Å². The normalized spacial score (nSPS) is 11.9. The van der Waals surface area contributed by atoms with E-state index in [2.05, 4.69) is 5.43 Å². The van der Waals surface area contributed by atoms with Crippen LogP contribution in [0, 0.1) is 0 Å². The van der Waals surface area contributed by atoms with E-state index in [4.69, 9.17) is 10.6 Å². The van der Waals surface area contributed by atoms with Gasteiger partial charge < -0.3 is 4.74 Å². The summed E-state index contributed by atoms with van der Waals surface area (Å²) in [7, 11) is 0. The van der Waals surface area contributed by atoms with Crippen LogP contribution in [-0.2, 0) is 4.79 Å². The summed E-state index contributed by atoms with van der Waals surface area (Å²) in [6.45, 7) is 1.99. The van der Waals surface area contributed by atoms with Gasteiger partial charge in [-0.3, -0.25) is 10.2 Å². The summed E-state index contributed by atoms with van der Waals surface area (Å²) in [5, 5.41) is 0. The van der Waals surface area contributed by atoms with E-state index in [9.17, 15) is 4.79 Å². The Labute approximate surface area is 89.4 Å². The maximum atomic E-state index is 11.3. The highest BCUT2D eigenvalue weighted by Gasteiger charge is 2.17. The third-order valence-corrected chi connectivity index (χ3v) is 2.01. The van der Waals surface area contributed by atoms with Gasteiger partial charge in [-0.15, -0.1) is 0 Å². The van der Waals surface area contributed by atoms with Crippen molar-refractivity contribution in [3.63, 3.8) is 0 Å². The summed E-state index contributed by atoms with van der Waals surface area (Å²) in [5.74, 6) is 5.47. The van der Waals surface area contributed by atoms with Gasteiger partial charge in [-0.25, -0.2) is 5.84 Å². The Hall–Kier alpha value is -1.55. The van der Waals surface area contributed by atoms with Crippen LogP contribution >= 0.6 is 0 Å². The number of rotatable bonds is 5. The molecular formula is C11H16N2O2. The molecule has 1 rings (SSSR count). The van der Waals surface area contributed by atoms with Gasteiger partial charge in [-0.05, 0) is 18.6 Å². The number of hydrogen-bond donors (Lipinski definition) is 2. The highest BCUT2D eigenvalue weighted by molar-refractivity contribution is 5.80. The number of hydrazine groups is 1. The Bertz CT molecular complexity index is 301. The fraction of sp³-hybridized carbons (Fsp3) is 0.364. The van der Waals surface area contributed by atoms with Crippen molar-refractivity contribution in [2.75, 3.05) is 0 Å². The van der Waals surface area contributed by atoms with Gasteiger partial charge >= 0.3 is 0 Å². The molecule has 1 aromatic rings. The van der Waals surface area contributed by atoms with E-state index in [0.717, 1.165) is 6.42 Å². The smallest absolute Gasteiger partial charge is 0.274 e. The molecule has 0 bridgehead atoms. The standard InChI is InChI=1S/C11H16N2O2/c1-2-6-10(11(14)13-12)15-9-7-4-3-5-8-9/h3-5,7-8,10H,2,6,12H2,1H3,(H,13,14). The average Bonchev–Trinajstić information content (AvgIpc) is 2.29. The van der Waals surface area contributed by atoms with E-state index in [0.29, 0.717) is 12.2 Å². The van der Waals surface area contributed by atoms with Gasteiger partial charge in [0.15, 0.2) is 6.10 Å². The van der Waals surface area contributed by atoms with Crippen LogP contribution in [0.1, 0.15) is 19.8 Å². The monoisotopic (exact) mass is 208 g/mol. The van der Waals surface area contributed by atoms with E-state index < -0.39 is 6.10 Å². The third-order valence-electron chi connectivity index (χ3n) is 2.01. The minimum absolute atomic E-state index is 0.291. The number of carbonyl (C=O) groups is 1. The van der Waals surface area contributed by atoms with Crippen molar-refractivity contribution in [1.29, 1.82) is 0 Å². The van der Waals surface area contributed by atoms with E-state index in [1.54, 1.807) is 0 Å². The fourth-order valence-corrected chi connectivity index (χ4v) is 1.26. The van der Waals surface area contributed by atoms with E-state index >= 15 is 0 Å². The molecule has 0 radical (unpaired) electrons. The number of nitrogens with two attached hydrogens (primary N) is 1. The summed E-state index contributed by atoms with van der Waals surface area (Å²) in [4.78, 5) is 11.3. The summed E-state index contributed by atoms with van der Waals surface area (Å²) < 4.78 is 5.52. The average molecular weight is 208 g/mol. The molecule has 1 aromatic carbocycles. The number of carbonyl (C=O) groups excluding carboxylic acids is 1. The number of benzene rings is 1. The minimum Gasteiger partial charge on any atom is -0.481 e. The zero-order valence-electron chi connectivity index (χ0n) is 8.77. The number of ether oxygens (including phenoxy) is 1. The molecule has 4 heteroatoms. The van der Waals surface area contributed by atoms with Crippen molar-refractivity contribution in [2.45, 2.75) is 25.9 Å². The molecule has 3 N–H and O–H groups in total. The predicted octanol–water partition coefficient (Wildman–Crippen LogP) is 1.22. The number of hydrogen-bond acceptors (Lipinski definition) is 3. The molecule has 0 fully saturated rings. The summed E-state index contributed by atoms with van der Waals surface area (Å²) in [6, 6.07) is 9.24. The molecule has 15 heavy (non-hydrogen) atoms. The molecular weight excluding hydrogens is 192 g/mol. The van der Waals surface area contributed by atoms with Crippen molar-refractivity contribution >= 4 is 5.91 Å². The van der Waals surface area contributed by atoms with Gasteiger partial charge in [0.05, 0.1) is 0 Å². The van der Waals surface area contributed by atoms with E-state index in [-0.39, 0.29) is 5.91 Å². The second-order valence-corrected chi connectivity index (χ2v) is 3.22. The van der Waals surface area contributed by atoms with Crippen molar-refractivity contribution in [2.24, 2.45) is 5.84 Å². The number of amides is 1. The Kier molecular flexibility index (Phi) is 4.63. The Morgan fingerprint density at radius 3 is 2.67 bits per heavy atom. The zero-order valence-corrected chi connectivity index (χ0v) is 8.77. The summed E-state index contributed by atoms with van der Waals surface area (Å²) in [6.07, 6.45) is 1.01. The van der Waals surface area contributed by atoms with Gasteiger partial charge in [-0.1, -0.05) is 31.5 Å². The minimum atomic E-state index is -0.512. The highest BCUT2D eigenvalue weighted by atomic mass is 16.5. The predicted molar refractivity (Wildman–Crippen MR) is 58.1 cm³/mol. The lowest BCUT2D eigenvalue weighted by Crippen LogP contribution is -2.42. The molecule has 0 aliphatic carbocycles. The Balaban J connectivity index is 2.62. The Morgan fingerprint density at radius 1 is 1.47 bits per heavy atom. The van der Waals surface area contributed by atoms with Crippen LogP contribution in [0.4, 0.5) is 0 Å². The van der Waals surface area contributed by atoms with Crippen LogP contribution in [0.5, 0.6) is 5.75 Å². The van der Waals surface area contributed by atoms with Gasteiger partial charge in [0.25, 0.3) is 5.91 Å². The lowest BCUT2D eigenvalue weighted by atomic mass is 10.2. The zero-order chi connectivity index (χ0) is 11.1. The molecule has 0 saturated carbocycles. The van der Waals surface area contributed by atoms with Crippen molar-refractivity contribution in [3.8, 4) is 5.75 Å². The molecule has 0 spiro atoms. The van der Waals surface area contributed by atoms with Crippen LogP contribution < -0.4 is 16.0 Å². The van der Waals surface area contributed by atoms with Crippen LogP contribution in [0.15, 0.2) is 30.3 Å². The molecule has 0 aromatic heterocycles. The van der Waals surface area contributed by atoms with Gasteiger partial charge in [0.1, 0.15) is 5.75 Å².